The van der Waals surface area contributed by atoms with Crippen LogP contribution in [0, 0.1) is 23.0 Å². The Labute approximate surface area is 221 Å². The quantitative estimate of drug-likeness (QED) is 0.238. The first-order valence-electron chi connectivity index (χ1n) is 11.9. The van der Waals surface area contributed by atoms with Gasteiger partial charge < -0.3 is 21.4 Å². The van der Waals surface area contributed by atoms with Crippen molar-refractivity contribution in [3.63, 3.8) is 0 Å². The molecule has 5 rings (SSSR count). The van der Waals surface area contributed by atoms with E-state index in [1.165, 1.54) is 36.8 Å². The molecule has 0 aliphatic heterocycles. The summed E-state index contributed by atoms with van der Waals surface area (Å²) in [5.41, 5.74) is 9.02. The van der Waals surface area contributed by atoms with E-state index in [1.54, 1.807) is 37.4 Å². The Morgan fingerprint density at radius 1 is 1.10 bits per heavy atom. The van der Waals surface area contributed by atoms with Crippen molar-refractivity contribution in [1.29, 1.82) is 5.26 Å². The van der Waals surface area contributed by atoms with Gasteiger partial charge in [0.1, 0.15) is 41.3 Å². The number of nitriles is 1. The number of anilines is 2. The fourth-order valence-corrected chi connectivity index (χ4v) is 4.22. The Balaban J connectivity index is 1.35. The number of nitrogens with two attached hydrogens (primary N) is 1. The molecule has 0 fully saturated rings. The summed E-state index contributed by atoms with van der Waals surface area (Å²) >= 11 is 0. The van der Waals surface area contributed by atoms with Crippen LogP contribution in [0.5, 0.6) is 0 Å². The molecular formula is C28H22F2N8O. The molecule has 0 aliphatic carbocycles. The molecule has 1 atom stereocenters. The van der Waals surface area contributed by atoms with E-state index in [1.807, 2.05) is 6.07 Å². The fraction of sp³-hybridized carbons (Fsp3) is 0.107. The number of carbonyl (C=O) groups is 1. The molecule has 11 heteroatoms. The van der Waals surface area contributed by atoms with Gasteiger partial charge in [-0.1, -0.05) is 24.3 Å². The van der Waals surface area contributed by atoms with Crippen molar-refractivity contribution in [3.8, 4) is 17.2 Å². The van der Waals surface area contributed by atoms with Crippen LogP contribution in [0.1, 0.15) is 40.0 Å². The first-order chi connectivity index (χ1) is 18.8. The molecule has 0 unspecified atom stereocenters. The molecule has 39 heavy (non-hydrogen) atoms. The number of hydrogen-bond donors (Lipinski definition) is 4. The largest absolute Gasteiger partial charge is 0.383 e. The number of benzene rings is 2. The summed E-state index contributed by atoms with van der Waals surface area (Å²) in [6.45, 7) is 1.92. The molecule has 194 valence electrons. The highest BCUT2D eigenvalue weighted by Crippen LogP contribution is 2.32. The van der Waals surface area contributed by atoms with E-state index in [0.29, 0.717) is 33.3 Å². The summed E-state index contributed by atoms with van der Waals surface area (Å²) in [5, 5.41) is 15.7. The zero-order valence-corrected chi connectivity index (χ0v) is 20.7. The van der Waals surface area contributed by atoms with Crippen molar-refractivity contribution in [2.75, 3.05) is 11.1 Å². The van der Waals surface area contributed by atoms with Crippen LogP contribution < -0.4 is 16.4 Å². The molecule has 5 N–H and O–H groups in total. The van der Waals surface area contributed by atoms with E-state index in [0.717, 1.165) is 0 Å². The van der Waals surface area contributed by atoms with Gasteiger partial charge in [-0.3, -0.25) is 4.79 Å². The Kier molecular flexibility index (Phi) is 6.84. The summed E-state index contributed by atoms with van der Waals surface area (Å²) in [5.74, 6) is -0.854. The standard InChI is InChI=1S/C28H22F2N8O/c1-15(18-3-5-19(29)6-4-18)38-28(39)21-8-17(10-31)12-34-26(21)33-11-16-2-7-20(23(30)9-16)22-13-35-27-24(22)25(32)36-14-37-27/h2-9,12-15H,11H2,1H3,(H,33,34)(H,38,39)(H3,32,35,36,37)/t15-/m0/s1. The van der Waals surface area contributed by atoms with Gasteiger partial charge in [-0.2, -0.15) is 5.26 Å². The van der Waals surface area contributed by atoms with E-state index in [2.05, 4.69) is 30.6 Å². The van der Waals surface area contributed by atoms with Crippen LogP contribution in [-0.4, -0.2) is 25.8 Å². The van der Waals surface area contributed by atoms with Crippen molar-refractivity contribution < 1.29 is 13.6 Å². The van der Waals surface area contributed by atoms with Gasteiger partial charge in [0.05, 0.1) is 22.6 Å². The summed E-state index contributed by atoms with van der Waals surface area (Å²) in [7, 11) is 0. The van der Waals surface area contributed by atoms with Crippen LogP contribution in [0.25, 0.3) is 22.2 Å². The molecule has 0 radical (unpaired) electrons. The molecule has 0 saturated carbocycles. The molecule has 0 spiro atoms. The van der Waals surface area contributed by atoms with Crippen molar-refractivity contribution in [2.45, 2.75) is 19.5 Å². The third kappa shape index (κ3) is 5.21. The summed E-state index contributed by atoms with van der Waals surface area (Å²) in [6.07, 6.45) is 4.30. The molecule has 0 bridgehead atoms. The molecule has 5 aromatic rings. The lowest BCUT2D eigenvalue weighted by Crippen LogP contribution is -2.28. The topological polar surface area (TPSA) is 145 Å². The maximum Gasteiger partial charge on any atom is 0.255 e. The lowest BCUT2D eigenvalue weighted by atomic mass is 10.0. The second kappa shape index (κ2) is 10.5. The third-order valence-electron chi connectivity index (χ3n) is 6.26. The van der Waals surface area contributed by atoms with Gasteiger partial charge in [0.2, 0.25) is 0 Å². The predicted molar refractivity (Wildman–Crippen MR) is 142 cm³/mol. The van der Waals surface area contributed by atoms with E-state index in [9.17, 15) is 14.4 Å². The molecule has 9 nitrogen and oxygen atoms in total. The van der Waals surface area contributed by atoms with Crippen molar-refractivity contribution in [2.24, 2.45) is 0 Å². The van der Waals surface area contributed by atoms with Crippen LogP contribution in [0.2, 0.25) is 0 Å². The van der Waals surface area contributed by atoms with E-state index in [4.69, 9.17) is 5.73 Å². The molecule has 1 amide bonds. The van der Waals surface area contributed by atoms with Gasteiger partial charge in [0.15, 0.2) is 0 Å². The number of nitrogen functional groups attached to an aromatic ring is 1. The van der Waals surface area contributed by atoms with E-state index >= 15 is 4.39 Å². The molecule has 2 aromatic carbocycles. The minimum atomic E-state index is -0.475. The molecule has 0 saturated heterocycles. The van der Waals surface area contributed by atoms with E-state index in [-0.39, 0.29) is 35.1 Å². The number of nitrogens with one attached hydrogen (secondary N) is 3. The lowest BCUT2D eigenvalue weighted by Gasteiger charge is -2.17. The number of aromatic nitrogens is 4. The van der Waals surface area contributed by atoms with Gasteiger partial charge in [-0.05, 0) is 42.3 Å². The number of hydrogen-bond acceptors (Lipinski definition) is 7. The lowest BCUT2D eigenvalue weighted by molar-refractivity contribution is 0.0940. The summed E-state index contributed by atoms with van der Waals surface area (Å²) in [4.78, 5) is 28.4. The highest BCUT2D eigenvalue weighted by Gasteiger charge is 2.18. The number of fused-ring (bicyclic) bond motifs is 1. The van der Waals surface area contributed by atoms with Crippen LogP contribution >= 0.6 is 0 Å². The highest BCUT2D eigenvalue weighted by atomic mass is 19.1. The minimum Gasteiger partial charge on any atom is -0.383 e. The summed E-state index contributed by atoms with van der Waals surface area (Å²) < 4.78 is 28.4. The van der Waals surface area contributed by atoms with Crippen LogP contribution in [0.15, 0.2) is 67.3 Å². The number of amides is 1. The Morgan fingerprint density at radius 3 is 2.64 bits per heavy atom. The number of H-pyrrole nitrogens is 1. The second-order valence-electron chi connectivity index (χ2n) is 8.83. The first-order valence-corrected chi connectivity index (χ1v) is 11.9. The highest BCUT2D eigenvalue weighted by molar-refractivity contribution is 6.00. The third-order valence-corrected chi connectivity index (χ3v) is 6.26. The Bertz CT molecular complexity index is 1730. The number of nitrogens with zero attached hydrogens (tertiary/aromatic N) is 4. The Hall–Kier alpha value is -5.37. The molecule has 3 aromatic heterocycles. The van der Waals surface area contributed by atoms with Crippen molar-refractivity contribution in [1.82, 2.24) is 25.3 Å². The summed E-state index contributed by atoms with van der Waals surface area (Å²) in [6, 6.07) is 13.5. The SMILES string of the molecule is C[C@H](NC(=O)c1cc(C#N)cnc1NCc1ccc(-c2c[nH]c3ncnc(N)c23)c(F)c1)c1ccc(F)cc1. The monoisotopic (exact) mass is 524 g/mol. The molecule has 0 aliphatic rings. The van der Waals surface area contributed by atoms with Crippen LogP contribution in [0.4, 0.5) is 20.4 Å². The zero-order chi connectivity index (χ0) is 27.5. The fourth-order valence-electron chi connectivity index (χ4n) is 4.22. The molecular weight excluding hydrogens is 502 g/mol. The number of pyridine rings is 1. The average Bonchev–Trinajstić information content (AvgIpc) is 3.37. The normalized spacial score (nSPS) is 11.6. The number of carbonyl (C=O) groups excluding carboxylic acids is 1. The number of rotatable bonds is 7. The van der Waals surface area contributed by atoms with E-state index < -0.39 is 17.8 Å². The maximum absolute atomic E-state index is 15.2. The second-order valence-corrected chi connectivity index (χ2v) is 8.83. The van der Waals surface area contributed by atoms with Crippen molar-refractivity contribution >= 4 is 28.6 Å². The van der Waals surface area contributed by atoms with Gasteiger partial charge in [-0.15, -0.1) is 0 Å². The first kappa shape index (κ1) is 25.3. The average molecular weight is 525 g/mol. The van der Waals surface area contributed by atoms with Gasteiger partial charge in [-0.25, -0.2) is 23.7 Å². The zero-order valence-electron chi connectivity index (χ0n) is 20.7. The minimum absolute atomic E-state index is 0.148. The van der Waals surface area contributed by atoms with Crippen LogP contribution in [-0.2, 0) is 6.54 Å². The maximum atomic E-state index is 15.2. The van der Waals surface area contributed by atoms with Crippen LogP contribution in [0.3, 0.4) is 0 Å². The van der Waals surface area contributed by atoms with Gasteiger partial charge >= 0.3 is 0 Å². The Morgan fingerprint density at radius 2 is 1.90 bits per heavy atom. The molecule has 3 heterocycles. The van der Waals surface area contributed by atoms with Crippen molar-refractivity contribution in [3.05, 3.63) is 101 Å². The smallest absolute Gasteiger partial charge is 0.255 e. The van der Waals surface area contributed by atoms with Gasteiger partial charge in [0.25, 0.3) is 5.91 Å². The predicted octanol–water partition coefficient (Wildman–Crippen LogP) is 4.86. The number of halogens is 2. The number of aromatic amines is 1. The van der Waals surface area contributed by atoms with Gasteiger partial charge in [0, 0.05) is 30.1 Å².